The van der Waals surface area contributed by atoms with Crippen LogP contribution in [0.4, 0.5) is 0 Å². The smallest absolute Gasteiger partial charge is 0.315 e. The van der Waals surface area contributed by atoms with Gasteiger partial charge in [-0.1, -0.05) is 34.1 Å². The third-order valence-corrected chi connectivity index (χ3v) is 5.76. The summed E-state index contributed by atoms with van der Waals surface area (Å²) in [7, 11) is 1.40. The quantitative estimate of drug-likeness (QED) is 0.706. The third-order valence-electron chi connectivity index (χ3n) is 3.73. The second kappa shape index (κ2) is 8.58. The second-order valence-electron chi connectivity index (χ2n) is 5.23. The number of rotatable bonds is 6. The molecule has 1 aliphatic rings. The zero-order chi connectivity index (χ0) is 15.9. The van der Waals surface area contributed by atoms with Crippen LogP contribution >= 0.6 is 27.7 Å². The minimum Gasteiger partial charge on any atom is -0.468 e. The molecule has 6 heteroatoms. The third kappa shape index (κ3) is 5.02. The molecule has 0 spiro atoms. The lowest BCUT2D eigenvalue weighted by atomic mass is 10.1. The number of carbonyl (C=O) groups excluding carboxylic acids is 2. The Morgan fingerprint density at radius 3 is 2.91 bits per heavy atom. The molecule has 0 radical (unpaired) electrons. The topological polar surface area (TPSA) is 46.6 Å². The van der Waals surface area contributed by atoms with Crippen LogP contribution in [0.5, 0.6) is 0 Å². The highest BCUT2D eigenvalue weighted by molar-refractivity contribution is 9.10. The normalized spacial score (nSPS) is 17.5. The van der Waals surface area contributed by atoms with Gasteiger partial charge in [0.1, 0.15) is 0 Å². The van der Waals surface area contributed by atoms with Crippen molar-refractivity contribution in [2.24, 2.45) is 0 Å². The van der Waals surface area contributed by atoms with Gasteiger partial charge in [-0.25, -0.2) is 0 Å². The Morgan fingerprint density at radius 1 is 1.41 bits per heavy atom. The Morgan fingerprint density at radius 2 is 2.18 bits per heavy atom. The summed E-state index contributed by atoms with van der Waals surface area (Å²) >= 11 is 5.09. The Balaban J connectivity index is 1.75. The van der Waals surface area contributed by atoms with Crippen LogP contribution in [0.3, 0.4) is 0 Å². The fraction of sp³-hybridized carbons (Fsp3) is 0.500. The Kier molecular flexibility index (Phi) is 6.76. The molecule has 0 aromatic heterocycles. The molecule has 1 atom stereocenters. The molecule has 1 saturated heterocycles. The van der Waals surface area contributed by atoms with E-state index >= 15 is 0 Å². The molecule has 4 nitrogen and oxygen atoms in total. The van der Waals surface area contributed by atoms with Gasteiger partial charge in [0, 0.05) is 29.2 Å². The predicted octanol–water partition coefficient (Wildman–Crippen LogP) is 2.89. The number of esters is 1. The van der Waals surface area contributed by atoms with Crippen molar-refractivity contribution in [2.75, 3.05) is 26.0 Å². The molecule has 1 fully saturated rings. The summed E-state index contributed by atoms with van der Waals surface area (Å²) in [6, 6.07) is 7.99. The Bertz CT molecular complexity index is 538. The maximum atomic E-state index is 12.3. The number of thioether (sulfide) groups is 1. The molecule has 0 saturated carbocycles. The highest BCUT2D eigenvalue weighted by atomic mass is 79.9. The fourth-order valence-corrected chi connectivity index (χ4v) is 3.97. The highest BCUT2D eigenvalue weighted by Crippen LogP contribution is 2.24. The van der Waals surface area contributed by atoms with Gasteiger partial charge >= 0.3 is 5.97 Å². The molecule has 1 heterocycles. The number of amides is 1. The first kappa shape index (κ1) is 17.3. The molecule has 1 amide bonds. The lowest BCUT2D eigenvalue weighted by Gasteiger charge is -2.16. The van der Waals surface area contributed by atoms with Gasteiger partial charge in [-0.2, -0.15) is 0 Å². The maximum absolute atomic E-state index is 12.3. The van der Waals surface area contributed by atoms with E-state index in [9.17, 15) is 9.59 Å². The Hall–Kier alpha value is -1.01. The summed E-state index contributed by atoms with van der Waals surface area (Å²) in [6.07, 6.45) is 2.22. The van der Waals surface area contributed by atoms with Crippen LogP contribution < -0.4 is 0 Å². The van der Waals surface area contributed by atoms with E-state index in [1.807, 2.05) is 29.2 Å². The van der Waals surface area contributed by atoms with Gasteiger partial charge in [0.15, 0.2) is 0 Å². The van der Waals surface area contributed by atoms with Gasteiger partial charge in [-0.15, -0.1) is 11.8 Å². The van der Waals surface area contributed by atoms with E-state index in [1.165, 1.54) is 7.11 Å². The molecule has 1 unspecified atom stereocenters. The number of benzene rings is 1. The lowest BCUT2D eigenvalue weighted by Crippen LogP contribution is -2.29. The van der Waals surface area contributed by atoms with Crippen LogP contribution in [-0.2, 0) is 20.7 Å². The fourth-order valence-electron chi connectivity index (χ4n) is 2.44. The molecule has 0 aliphatic carbocycles. The number of aryl methyl sites for hydroxylation is 1. The van der Waals surface area contributed by atoms with Gasteiger partial charge in [-0.3, -0.25) is 9.59 Å². The second-order valence-corrected chi connectivity index (χ2v) is 7.37. The van der Waals surface area contributed by atoms with E-state index in [1.54, 1.807) is 11.8 Å². The van der Waals surface area contributed by atoms with Crippen LogP contribution in [0.15, 0.2) is 28.7 Å². The molecule has 2 rings (SSSR count). The summed E-state index contributed by atoms with van der Waals surface area (Å²) in [5, 5.41) is 0.339. The minimum absolute atomic E-state index is 0.192. The zero-order valence-corrected chi connectivity index (χ0v) is 15.0. The molecular weight excluding hydrogens is 366 g/mol. The van der Waals surface area contributed by atoms with Crippen molar-refractivity contribution in [1.29, 1.82) is 0 Å². The van der Waals surface area contributed by atoms with Gasteiger partial charge in [-0.05, 0) is 24.5 Å². The number of methoxy groups -OCH3 is 1. The van der Waals surface area contributed by atoms with Crippen molar-refractivity contribution in [3.8, 4) is 0 Å². The number of likely N-dealkylation sites (tertiary alicyclic amines) is 1. The summed E-state index contributed by atoms with van der Waals surface area (Å²) < 4.78 is 5.69. The predicted molar refractivity (Wildman–Crippen MR) is 91.9 cm³/mol. The van der Waals surface area contributed by atoms with Gasteiger partial charge in [0.2, 0.25) is 5.91 Å². The van der Waals surface area contributed by atoms with E-state index in [0.717, 1.165) is 36.0 Å². The summed E-state index contributed by atoms with van der Waals surface area (Å²) in [6.45, 7) is 1.52. The van der Waals surface area contributed by atoms with Crippen LogP contribution in [0.25, 0.3) is 0 Å². The van der Waals surface area contributed by atoms with E-state index in [0.29, 0.717) is 17.4 Å². The van der Waals surface area contributed by atoms with Crippen molar-refractivity contribution in [3.63, 3.8) is 0 Å². The zero-order valence-electron chi connectivity index (χ0n) is 12.6. The molecule has 1 aromatic carbocycles. The van der Waals surface area contributed by atoms with Gasteiger partial charge < -0.3 is 9.64 Å². The summed E-state index contributed by atoms with van der Waals surface area (Å²) in [5.41, 5.74) is 1.16. The molecule has 0 N–H and O–H groups in total. The standard InChI is InChI=1S/C16H20BrNO3S/c1-21-16(20)11-22-13-8-9-18(10-13)15(19)7-6-12-4-2-3-5-14(12)17/h2-5,13H,6-11H2,1H3. The molecule has 22 heavy (non-hydrogen) atoms. The SMILES string of the molecule is COC(=O)CSC1CCN(C(=O)CCc2ccccc2Br)C1. The molecule has 1 aromatic rings. The molecule has 0 bridgehead atoms. The number of ether oxygens (including phenoxy) is 1. The van der Waals surface area contributed by atoms with E-state index in [-0.39, 0.29) is 11.9 Å². The number of halogens is 1. The van der Waals surface area contributed by atoms with Crippen molar-refractivity contribution in [3.05, 3.63) is 34.3 Å². The largest absolute Gasteiger partial charge is 0.468 e. The lowest BCUT2D eigenvalue weighted by molar-refractivity contribution is -0.137. The van der Waals surface area contributed by atoms with Gasteiger partial charge in [0.25, 0.3) is 0 Å². The molecule has 1 aliphatic heterocycles. The van der Waals surface area contributed by atoms with E-state index in [4.69, 9.17) is 0 Å². The van der Waals surface area contributed by atoms with Crippen molar-refractivity contribution in [2.45, 2.75) is 24.5 Å². The van der Waals surface area contributed by atoms with E-state index < -0.39 is 0 Å². The van der Waals surface area contributed by atoms with Crippen LogP contribution in [0.2, 0.25) is 0 Å². The molecular formula is C16H20BrNO3S. The minimum atomic E-state index is -0.205. The summed E-state index contributed by atoms with van der Waals surface area (Å²) in [4.78, 5) is 25.3. The average molecular weight is 386 g/mol. The number of hydrogen-bond acceptors (Lipinski definition) is 4. The number of hydrogen-bond donors (Lipinski definition) is 0. The van der Waals surface area contributed by atoms with Crippen molar-refractivity contribution in [1.82, 2.24) is 4.90 Å². The van der Waals surface area contributed by atoms with Crippen LogP contribution in [0.1, 0.15) is 18.4 Å². The number of nitrogens with zero attached hydrogens (tertiary/aromatic N) is 1. The van der Waals surface area contributed by atoms with Crippen LogP contribution in [0, 0.1) is 0 Å². The first-order valence-corrected chi connectivity index (χ1v) is 9.14. The average Bonchev–Trinajstić information content (AvgIpc) is 3.00. The molecule has 120 valence electrons. The van der Waals surface area contributed by atoms with Crippen LogP contribution in [-0.4, -0.2) is 48.0 Å². The number of carbonyl (C=O) groups is 2. The first-order valence-electron chi connectivity index (χ1n) is 7.29. The maximum Gasteiger partial charge on any atom is 0.315 e. The first-order chi connectivity index (χ1) is 10.6. The van der Waals surface area contributed by atoms with E-state index in [2.05, 4.69) is 20.7 Å². The van der Waals surface area contributed by atoms with Crippen molar-refractivity contribution < 1.29 is 14.3 Å². The summed E-state index contributed by atoms with van der Waals surface area (Å²) in [5.74, 6) is 0.348. The van der Waals surface area contributed by atoms with Gasteiger partial charge in [0.05, 0.1) is 12.9 Å². The monoisotopic (exact) mass is 385 g/mol. The Labute approximate surface area is 143 Å². The van der Waals surface area contributed by atoms with Crippen molar-refractivity contribution >= 4 is 39.6 Å². The highest BCUT2D eigenvalue weighted by Gasteiger charge is 2.26.